The molecule has 4 heterocycles. The molecule has 0 unspecified atom stereocenters. The van der Waals surface area contributed by atoms with Crippen LogP contribution in [0.4, 0.5) is 4.39 Å². The van der Waals surface area contributed by atoms with E-state index in [0.29, 0.717) is 22.4 Å². The molecule has 7 aromatic carbocycles. The van der Waals surface area contributed by atoms with Gasteiger partial charge >= 0.3 is 150 Å². The molecule has 0 N–H and O–H groups in total. The predicted octanol–water partition coefficient (Wildman–Crippen LogP) is 14.3. The molecule has 0 aliphatic carbocycles. The fourth-order valence-electron chi connectivity index (χ4n) is 8.16. The number of para-hydroxylation sites is 1. The third-order valence-electron chi connectivity index (χ3n) is 11.2. The van der Waals surface area contributed by atoms with Gasteiger partial charge in [-0.25, -0.2) is 4.98 Å². The summed E-state index contributed by atoms with van der Waals surface area (Å²) in [5, 5.41) is 4.68. The van der Waals surface area contributed by atoms with E-state index in [0.717, 1.165) is 58.5 Å². The standard InChI is InChI=1S/C34H20N3S.C21H21FGeN.Ir/c1-2-10-22(11-3-1)24-13-6-7-18-29(24)37-30-20-19-23-12-4-5-14-25(23)31(30)36-33(37)28-16-8-15-26-27-17-9-21-35-34(27)38-32(26)28;1-15-12-21(24-14-20(15)23(2,3)4)17-10-11-19(22)18(13-17)16-8-6-5-7-9-16;/h1-15,17-21H;5-9,11-14H,1-4H3;/q2*-1;/i;1D3;. The summed E-state index contributed by atoms with van der Waals surface area (Å²) in [4.78, 5) is 15.5. The number of imidazole rings is 1. The zero-order valence-electron chi connectivity index (χ0n) is 37.7. The van der Waals surface area contributed by atoms with Crippen LogP contribution in [0.15, 0.2) is 176 Å². The molecule has 0 atom stereocenters. The number of pyridine rings is 2. The summed E-state index contributed by atoms with van der Waals surface area (Å²) in [5.74, 6) is 6.94. The molecule has 11 aromatic rings. The Balaban J connectivity index is 0.000000174. The van der Waals surface area contributed by atoms with Crippen LogP contribution >= 0.6 is 11.3 Å². The van der Waals surface area contributed by atoms with Crippen LogP contribution in [0.5, 0.6) is 0 Å². The minimum absolute atomic E-state index is 0. The fourth-order valence-corrected chi connectivity index (χ4v) is 12.1. The molecule has 63 heavy (non-hydrogen) atoms. The van der Waals surface area contributed by atoms with Crippen molar-refractivity contribution in [3.05, 3.63) is 200 Å². The molecule has 0 aliphatic heterocycles. The summed E-state index contributed by atoms with van der Waals surface area (Å²) in [6.45, 7) is -2.21. The van der Waals surface area contributed by atoms with Gasteiger partial charge in [-0.15, -0.1) is 18.2 Å². The van der Waals surface area contributed by atoms with Crippen LogP contribution < -0.4 is 4.40 Å². The predicted molar refractivity (Wildman–Crippen MR) is 261 cm³/mol. The molecule has 4 nitrogen and oxygen atoms in total. The second-order valence-corrected chi connectivity index (χ2v) is 27.8. The van der Waals surface area contributed by atoms with Crippen LogP contribution in [-0.2, 0) is 20.1 Å². The zero-order chi connectivity index (χ0) is 44.9. The van der Waals surface area contributed by atoms with E-state index < -0.39 is 20.1 Å². The van der Waals surface area contributed by atoms with E-state index in [1.165, 1.54) is 27.8 Å². The zero-order valence-corrected chi connectivity index (χ0v) is 40.0. The quantitative estimate of drug-likeness (QED) is 0.123. The van der Waals surface area contributed by atoms with Gasteiger partial charge in [-0.2, -0.15) is 11.3 Å². The van der Waals surface area contributed by atoms with Crippen molar-refractivity contribution in [1.29, 1.82) is 0 Å². The van der Waals surface area contributed by atoms with Gasteiger partial charge in [0.1, 0.15) is 4.83 Å². The largest absolute Gasteiger partial charge is 0.333 e. The summed E-state index contributed by atoms with van der Waals surface area (Å²) in [6, 6.07) is 60.6. The van der Waals surface area contributed by atoms with Crippen molar-refractivity contribution in [2.45, 2.75) is 24.1 Å². The summed E-state index contributed by atoms with van der Waals surface area (Å²) < 4.78 is 42.4. The Bertz CT molecular complexity index is 3550. The summed E-state index contributed by atoms with van der Waals surface area (Å²) in [7, 11) is 0. The van der Waals surface area contributed by atoms with Crippen LogP contribution in [0.3, 0.4) is 0 Å². The molecule has 0 saturated carbocycles. The molecule has 0 fully saturated rings. The fraction of sp³-hybridized carbons (Fsp3) is 0.0727. The molecule has 0 aliphatic rings. The summed E-state index contributed by atoms with van der Waals surface area (Å²) in [6.07, 6.45) is 3.55. The Morgan fingerprint density at radius 1 is 0.698 bits per heavy atom. The average Bonchev–Trinajstić information content (AvgIpc) is 3.91. The van der Waals surface area contributed by atoms with Crippen molar-refractivity contribution < 1.29 is 28.6 Å². The molecule has 11 rings (SSSR count). The second kappa shape index (κ2) is 17.6. The van der Waals surface area contributed by atoms with E-state index >= 15 is 0 Å². The number of hydrogen-bond donors (Lipinski definition) is 0. The van der Waals surface area contributed by atoms with Gasteiger partial charge < -0.3 is 4.57 Å². The van der Waals surface area contributed by atoms with Gasteiger partial charge in [-0.05, 0) is 39.2 Å². The molecule has 309 valence electrons. The normalized spacial score (nSPS) is 12.3. The van der Waals surface area contributed by atoms with Gasteiger partial charge in [0.15, 0.2) is 0 Å². The molecule has 1 radical (unpaired) electrons. The topological polar surface area (TPSA) is 43.6 Å². The Morgan fingerprint density at radius 3 is 2.19 bits per heavy atom. The average molecular weight is 1080 g/mol. The van der Waals surface area contributed by atoms with E-state index in [9.17, 15) is 4.39 Å². The Kier molecular flexibility index (Phi) is 10.8. The smallest absolute Gasteiger partial charge is 0.113 e. The van der Waals surface area contributed by atoms with Crippen molar-refractivity contribution in [2.75, 3.05) is 0 Å². The third kappa shape index (κ3) is 8.07. The van der Waals surface area contributed by atoms with Crippen molar-refractivity contribution in [3.63, 3.8) is 0 Å². The number of rotatable bonds is 6. The Labute approximate surface area is 391 Å². The summed E-state index contributed by atoms with van der Waals surface area (Å²) in [5.41, 5.74) is 9.10. The van der Waals surface area contributed by atoms with Crippen molar-refractivity contribution in [1.82, 2.24) is 19.5 Å². The maximum Gasteiger partial charge on any atom is 0.113 e. The Hall–Kier alpha value is -6.09. The first-order valence-electron chi connectivity index (χ1n) is 22.0. The van der Waals surface area contributed by atoms with Gasteiger partial charge in [0.05, 0.1) is 16.9 Å². The molecule has 8 heteroatoms. The maximum absolute atomic E-state index is 14.3. The van der Waals surface area contributed by atoms with Crippen molar-refractivity contribution in [3.8, 4) is 50.6 Å². The first-order chi connectivity index (χ1) is 31.4. The number of nitrogens with zero attached hydrogens (tertiary/aromatic N) is 4. The number of thiophene rings is 1. The number of hydrogen-bond acceptors (Lipinski definition) is 4. The SMILES string of the molecule is [2H]C([2H])([2H])c1cc(-c2[c-]cc(F)c(-c3ccccc3)c2)nc[c]1[Ge]([CH3])([CH3])[CH3].[Ir].[c-]1ccc2c(sc3ncccc32)c1-c1nc2c3ccccc3ccc2n1-c1ccccc1-c1ccccc1. The molecular formula is C55H41FGeIrN4S-2. The number of aromatic nitrogens is 4. The van der Waals surface area contributed by atoms with E-state index in [1.54, 1.807) is 29.7 Å². The first-order valence-corrected chi connectivity index (χ1v) is 28.6. The number of fused-ring (bicyclic) bond motifs is 6. The van der Waals surface area contributed by atoms with Crippen molar-refractivity contribution >= 4 is 71.1 Å². The molecule has 4 aromatic heterocycles. The van der Waals surface area contributed by atoms with Crippen LogP contribution in [0.25, 0.3) is 92.7 Å². The molecule has 0 bridgehead atoms. The van der Waals surface area contributed by atoms with Crippen LogP contribution in [0, 0.1) is 24.8 Å². The van der Waals surface area contributed by atoms with Crippen molar-refractivity contribution in [2.24, 2.45) is 0 Å². The van der Waals surface area contributed by atoms with Gasteiger partial charge in [0, 0.05) is 42.9 Å². The van der Waals surface area contributed by atoms with Crippen LogP contribution in [0.2, 0.25) is 17.3 Å². The van der Waals surface area contributed by atoms with Gasteiger partial charge in [0.25, 0.3) is 0 Å². The minimum atomic E-state index is -2.41. The van der Waals surface area contributed by atoms with Gasteiger partial charge in [-0.3, -0.25) is 4.98 Å². The minimum Gasteiger partial charge on any atom is -0.333 e. The first kappa shape index (κ1) is 38.6. The maximum atomic E-state index is 14.3. The van der Waals surface area contributed by atoms with Crippen LogP contribution in [0.1, 0.15) is 9.68 Å². The number of benzene rings is 7. The van der Waals surface area contributed by atoms with E-state index in [1.807, 2.05) is 48.7 Å². The van der Waals surface area contributed by atoms with Gasteiger partial charge in [-0.1, -0.05) is 95.9 Å². The molecular weight excluding hydrogens is 1030 g/mol. The summed E-state index contributed by atoms with van der Waals surface area (Å²) >= 11 is -0.706. The van der Waals surface area contributed by atoms with Crippen LogP contribution in [-0.4, -0.2) is 32.8 Å². The second-order valence-electron chi connectivity index (χ2n) is 16.2. The molecule has 0 saturated heterocycles. The molecule has 0 amide bonds. The third-order valence-corrected chi connectivity index (χ3v) is 16.6. The number of aryl methyl sites for hydroxylation is 1. The van der Waals surface area contributed by atoms with Gasteiger partial charge in [0.2, 0.25) is 0 Å². The molecule has 0 spiro atoms. The van der Waals surface area contributed by atoms with E-state index in [4.69, 9.17) is 9.10 Å². The van der Waals surface area contributed by atoms with E-state index in [-0.39, 0.29) is 25.9 Å². The van der Waals surface area contributed by atoms with E-state index in [2.05, 4.69) is 147 Å². The number of halogens is 1. The Morgan fingerprint density at radius 2 is 1.41 bits per heavy atom. The monoisotopic (exact) mass is 1080 g/mol.